The number of anilines is 1. The summed E-state index contributed by atoms with van der Waals surface area (Å²) in [5.74, 6) is -0.255. The van der Waals surface area contributed by atoms with Crippen LogP contribution in [0, 0.1) is 0 Å². The molecular weight excluding hydrogens is 440 g/mol. The van der Waals surface area contributed by atoms with Crippen LogP contribution in [0.1, 0.15) is 36.0 Å². The van der Waals surface area contributed by atoms with E-state index in [-0.39, 0.29) is 16.9 Å². The molecule has 8 heteroatoms. The van der Waals surface area contributed by atoms with Crippen molar-refractivity contribution in [1.82, 2.24) is 14.6 Å². The van der Waals surface area contributed by atoms with Crippen LogP contribution < -0.4 is 15.6 Å². The summed E-state index contributed by atoms with van der Waals surface area (Å²) in [6.07, 6.45) is 4.83. The third-order valence-corrected chi connectivity index (χ3v) is 8.99. The number of thiazole rings is 1. The SMILES string of the molecule is O=C(NCCN1CCCC1)c1c(=O)c2cc(N3CCCC3)sc2n2c1sc1ccccc12. The first-order valence-corrected chi connectivity index (χ1v) is 13.1. The summed E-state index contributed by atoms with van der Waals surface area (Å²) >= 11 is 3.20. The van der Waals surface area contributed by atoms with E-state index in [2.05, 4.69) is 31.7 Å². The summed E-state index contributed by atoms with van der Waals surface area (Å²) < 4.78 is 3.22. The Morgan fingerprint density at radius 2 is 1.72 bits per heavy atom. The number of para-hydroxylation sites is 1. The van der Waals surface area contributed by atoms with Gasteiger partial charge < -0.3 is 15.1 Å². The Bertz CT molecular complexity index is 1370. The zero-order valence-corrected chi connectivity index (χ0v) is 19.6. The van der Waals surface area contributed by atoms with Gasteiger partial charge in [-0.1, -0.05) is 23.5 Å². The van der Waals surface area contributed by atoms with Gasteiger partial charge in [0.15, 0.2) is 0 Å². The maximum atomic E-state index is 13.6. The molecule has 0 aliphatic carbocycles. The maximum absolute atomic E-state index is 13.6. The minimum atomic E-state index is -0.255. The third-order valence-electron chi connectivity index (χ3n) is 6.66. The topological polar surface area (TPSA) is 57.1 Å². The molecular formula is C24H26N4O2S2. The predicted molar refractivity (Wildman–Crippen MR) is 134 cm³/mol. The number of nitrogens with zero attached hydrogens (tertiary/aromatic N) is 3. The highest BCUT2D eigenvalue weighted by atomic mass is 32.1. The molecule has 2 fully saturated rings. The molecule has 5 heterocycles. The second-order valence-corrected chi connectivity index (χ2v) is 10.8. The van der Waals surface area contributed by atoms with Gasteiger partial charge in [0.05, 0.1) is 20.6 Å². The van der Waals surface area contributed by atoms with Crippen LogP contribution in [0.25, 0.3) is 25.3 Å². The molecule has 166 valence electrons. The van der Waals surface area contributed by atoms with Crippen molar-refractivity contribution in [3.05, 3.63) is 46.1 Å². The number of hydrogen-bond acceptors (Lipinski definition) is 6. The molecule has 6 nitrogen and oxygen atoms in total. The summed E-state index contributed by atoms with van der Waals surface area (Å²) in [6, 6.07) is 10.2. The Labute approximate surface area is 194 Å². The standard InChI is InChI=1S/C24H26N4O2S2/c29-21-16-15-19(27-12-5-6-13-27)32-23(16)28-17-7-1-2-8-18(17)31-24(28)20(21)22(30)25-9-14-26-10-3-4-11-26/h1-2,7-8,15H,3-6,9-14H2,(H,25,30). The van der Waals surface area contributed by atoms with E-state index in [1.807, 2.05) is 18.2 Å². The Hall–Kier alpha value is -2.42. The van der Waals surface area contributed by atoms with Crippen molar-refractivity contribution in [2.24, 2.45) is 0 Å². The fourth-order valence-corrected chi connectivity index (χ4v) is 7.47. The second-order valence-electron chi connectivity index (χ2n) is 8.72. The Morgan fingerprint density at radius 1 is 0.969 bits per heavy atom. The van der Waals surface area contributed by atoms with Gasteiger partial charge in [0, 0.05) is 26.2 Å². The molecule has 2 aliphatic heterocycles. The Balaban J connectivity index is 1.48. The van der Waals surface area contributed by atoms with Crippen LogP contribution in [0.4, 0.5) is 5.00 Å². The van der Waals surface area contributed by atoms with Crippen LogP contribution in [-0.4, -0.2) is 54.5 Å². The van der Waals surface area contributed by atoms with Crippen molar-refractivity contribution in [1.29, 1.82) is 0 Å². The number of benzene rings is 1. The molecule has 1 aromatic carbocycles. The molecule has 2 saturated heterocycles. The number of carbonyl (C=O) groups is 1. The van der Waals surface area contributed by atoms with Crippen LogP contribution in [0.3, 0.4) is 0 Å². The molecule has 0 bridgehead atoms. The predicted octanol–water partition coefficient (Wildman–Crippen LogP) is 4.15. The lowest BCUT2D eigenvalue weighted by Gasteiger charge is -2.14. The highest BCUT2D eigenvalue weighted by molar-refractivity contribution is 7.25. The molecule has 1 N–H and O–H groups in total. The Morgan fingerprint density at radius 3 is 2.53 bits per heavy atom. The lowest BCUT2D eigenvalue weighted by Crippen LogP contribution is -2.35. The number of pyridine rings is 1. The molecule has 0 unspecified atom stereocenters. The van der Waals surface area contributed by atoms with Gasteiger partial charge in [0.1, 0.15) is 15.2 Å². The van der Waals surface area contributed by atoms with Crippen LogP contribution in [0.15, 0.2) is 35.1 Å². The maximum Gasteiger partial charge on any atom is 0.258 e. The van der Waals surface area contributed by atoms with Gasteiger partial charge in [-0.25, -0.2) is 0 Å². The van der Waals surface area contributed by atoms with Crippen LogP contribution in [-0.2, 0) is 0 Å². The summed E-state index contributed by atoms with van der Waals surface area (Å²) in [7, 11) is 0. The highest BCUT2D eigenvalue weighted by Gasteiger charge is 2.25. The number of aromatic nitrogens is 1. The van der Waals surface area contributed by atoms with E-state index in [9.17, 15) is 9.59 Å². The monoisotopic (exact) mass is 466 g/mol. The minimum Gasteiger partial charge on any atom is -0.363 e. The molecule has 0 spiro atoms. The number of thiophene rings is 1. The zero-order valence-electron chi connectivity index (χ0n) is 17.9. The first-order chi connectivity index (χ1) is 15.7. The first-order valence-electron chi connectivity index (χ1n) is 11.5. The van der Waals surface area contributed by atoms with Crippen molar-refractivity contribution < 1.29 is 4.79 Å². The largest absolute Gasteiger partial charge is 0.363 e. The minimum absolute atomic E-state index is 0.146. The normalized spacial score (nSPS) is 17.3. The van der Waals surface area contributed by atoms with E-state index in [1.54, 1.807) is 11.3 Å². The van der Waals surface area contributed by atoms with E-state index >= 15 is 0 Å². The molecule has 32 heavy (non-hydrogen) atoms. The number of amides is 1. The smallest absolute Gasteiger partial charge is 0.258 e. The third kappa shape index (κ3) is 3.32. The van der Waals surface area contributed by atoms with E-state index in [0.717, 1.165) is 57.6 Å². The summed E-state index contributed by atoms with van der Waals surface area (Å²) in [5.41, 5.74) is 1.19. The molecule has 3 aromatic heterocycles. The second kappa shape index (κ2) is 8.17. The lowest BCUT2D eigenvalue weighted by molar-refractivity contribution is 0.0950. The van der Waals surface area contributed by atoms with Crippen molar-refractivity contribution in [3.8, 4) is 0 Å². The molecule has 2 aliphatic rings. The quantitative estimate of drug-likeness (QED) is 0.480. The fraction of sp³-hybridized carbons (Fsp3) is 0.417. The average molecular weight is 467 g/mol. The van der Waals surface area contributed by atoms with Crippen molar-refractivity contribution in [2.45, 2.75) is 25.7 Å². The van der Waals surface area contributed by atoms with Crippen molar-refractivity contribution in [2.75, 3.05) is 44.2 Å². The zero-order chi connectivity index (χ0) is 21.7. The number of nitrogens with one attached hydrogen (secondary N) is 1. The number of likely N-dealkylation sites (tertiary alicyclic amines) is 1. The summed E-state index contributed by atoms with van der Waals surface area (Å²) in [4.78, 5) is 33.3. The number of rotatable bonds is 5. The molecule has 0 saturated carbocycles. The van der Waals surface area contributed by atoms with Crippen LogP contribution in [0.5, 0.6) is 0 Å². The van der Waals surface area contributed by atoms with Gasteiger partial charge >= 0.3 is 0 Å². The van der Waals surface area contributed by atoms with E-state index < -0.39 is 0 Å². The molecule has 6 rings (SSSR count). The van der Waals surface area contributed by atoms with Crippen molar-refractivity contribution in [3.63, 3.8) is 0 Å². The van der Waals surface area contributed by atoms with Crippen LogP contribution >= 0.6 is 22.7 Å². The van der Waals surface area contributed by atoms with Gasteiger partial charge in [0.25, 0.3) is 5.91 Å². The Kier molecular flexibility index (Phi) is 5.16. The molecule has 0 radical (unpaired) electrons. The van der Waals surface area contributed by atoms with Crippen LogP contribution in [0.2, 0.25) is 0 Å². The van der Waals surface area contributed by atoms with Gasteiger partial charge in [-0.15, -0.1) is 11.3 Å². The van der Waals surface area contributed by atoms with Gasteiger partial charge in [0.2, 0.25) is 5.43 Å². The van der Waals surface area contributed by atoms with Crippen molar-refractivity contribution >= 4 is 58.8 Å². The van der Waals surface area contributed by atoms with Gasteiger partial charge in [-0.3, -0.25) is 14.0 Å². The number of carbonyl (C=O) groups excluding carboxylic acids is 1. The molecule has 1 amide bonds. The molecule has 0 atom stereocenters. The van der Waals surface area contributed by atoms with E-state index in [1.165, 1.54) is 37.0 Å². The number of fused-ring (bicyclic) bond motifs is 5. The average Bonchev–Trinajstić information content (AvgIpc) is 3.59. The molecule has 4 aromatic rings. The van der Waals surface area contributed by atoms with E-state index in [4.69, 9.17) is 0 Å². The number of hydrogen-bond donors (Lipinski definition) is 1. The first kappa shape index (κ1) is 20.2. The fourth-order valence-electron chi connectivity index (χ4n) is 5.00. The van der Waals surface area contributed by atoms with Gasteiger partial charge in [-0.05, 0) is 57.0 Å². The van der Waals surface area contributed by atoms with Gasteiger partial charge in [-0.2, -0.15) is 0 Å². The highest BCUT2D eigenvalue weighted by Crippen LogP contribution is 2.38. The summed E-state index contributed by atoms with van der Waals surface area (Å²) in [6.45, 7) is 5.66. The van der Waals surface area contributed by atoms with E-state index in [0.29, 0.717) is 11.9 Å². The summed E-state index contributed by atoms with van der Waals surface area (Å²) in [5, 5.41) is 4.82. The lowest BCUT2D eigenvalue weighted by atomic mass is 10.2.